The number of esters is 1. The Bertz CT molecular complexity index is 1310. The number of anilines is 2. The van der Waals surface area contributed by atoms with Gasteiger partial charge in [-0.05, 0) is 56.2 Å². The van der Waals surface area contributed by atoms with Crippen LogP contribution in [0.2, 0.25) is 0 Å². The largest absolute Gasteiger partial charge is 0.462 e. The molecule has 2 aliphatic rings. The number of para-hydroxylation sites is 2. The smallest absolute Gasteiger partial charge is 0.343 e. The molecule has 0 atom stereocenters. The van der Waals surface area contributed by atoms with Crippen molar-refractivity contribution in [2.45, 2.75) is 20.3 Å². The molecule has 10 heteroatoms. The highest BCUT2D eigenvalue weighted by atomic mass is 32.2. The van der Waals surface area contributed by atoms with Gasteiger partial charge in [0, 0.05) is 17.8 Å². The first-order chi connectivity index (χ1) is 15.7. The quantitative estimate of drug-likeness (QED) is 0.667. The maximum atomic E-state index is 13.1. The molecule has 2 aliphatic heterocycles. The van der Waals surface area contributed by atoms with Gasteiger partial charge in [-0.2, -0.15) is 0 Å². The number of hydrogen-bond acceptors (Lipinski definition) is 7. The Hall–Kier alpha value is -3.66. The Morgan fingerprint density at radius 1 is 1.21 bits per heavy atom. The van der Waals surface area contributed by atoms with E-state index in [2.05, 4.69) is 15.6 Å². The highest BCUT2D eigenvalue weighted by Gasteiger charge is 2.29. The summed E-state index contributed by atoms with van der Waals surface area (Å²) >= 11 is 0. The van der Waals surface area contributed by atoms with Crippen LogP contribution in [0.5, 0.6) is 0 Å². The fourth-order valence-electron chi connectivity index (χ4n) is 3.88. The number of nitrogens with zero attached hydrogens (tertiary/aromatic N) is 2. The molecular weight excluding hydrogens is 444 g/mol. The zero-order chi connectivity index (χ0) is 23.8. The molecule has 2 aromatic carbocycles. The Morgan fingerprint density at radius 3 is 2.70 bits per heavy atom. The van der Waals surface area contributed by atoms with Gasteiger partial charge in [-0.25, -0.2) is 18.2 Å². The van der Waals surface area contributed by atoms with Crippen molar-refractivity contribution in [2.75, 3.05) is 29.0 Å². The van der Waals surface area contributed by atoms with Gasteiger partial charge in [-0.3, -0.25) is 9.10 Å². The number of sulfonamides is 1. The molecule has 0 aromatic heterocycles. The van der Waals surface area contributed by atoms with Crippen molar-refractivity contribution >= 4 is 44.8 Å². The molecule has 2 heterocycles. The van der Waals surface area contributed by atoms with Crippen molar-refractivity contribution in [1.29, 1.82) is 0 Å². The summed E-state index contributed by atoms with van der Waals surface area (Å²) in [6, 6.07) is 12.1. The van der Waals surface area contributed by atoms with E-state index in [9.17, 15) is 18.0 Å². The van der Waals surface area contributed by atoms with Gasteiger partial charge in [0.1, 0.15) is 11.4 Å². The monoisotopic (exact) mass is 468 g/mol. The number of aliphatic imine (C=N–C) groups is 1. The molecule has 0 radical (unpaired) electrons. The second-order valence-electron chi connectivity index (χ2n) is 7.71. The van der Waals surface area contributed by atoms with Gasteiger partial charge in [-0.15, -0.1) is 0 Å². The first-order valence-corrected chi connectivity index (χ1v) is 12.3. The highest BCUT2D eigenvalue weighted by molar-refractivity contribution is 7.92. The van der Waals surface area contributed by atoms with Crippen LogP contribution in [-0.4, -0.2) is 45.5 Å². The number of fused-ring (bicyclic) bond motifs is 2. The average molecular weight is 469 g/mol. The van der Waals surface area contributed by atoms with Crippen molar-refractivity contribution in [3.05, 3.63) is 64.9 Å². The molecule has 172 valence electrons. The minimum atomic E-state index is -3.38. The minimum absolute atomic E-state index is 0.0756. The van der Waals surface area contributed by atoms with E-state index in [4.69, 9.17) is 4.74 Å². The Kier molecular flexibility index (Phi) is 5.94. The van der Waals surface area contributed by atoms with E-state index in [0.29, 0.717) is 41.3 Å². The summed E-state index contributed by atoms with van der Waals surface area (Å²) < 4.78 is 30.5. The number of amides is 1. The van der Waals surface area contributed by atoms with Crippen molar-refractivity contribution in [3.63, 3.8) is 0 Å². The zero-order valence-electron chi connectivity index (χ0n) is 18.5. The lowest BCUT2D eigenvalue weighted by atomic mass is 10.1. The standard InChI is InChI=1S/C23H24N4O5S/c1-4-32-23(29)20-14(2)24-17-7-5-6-8-18(17)25-21(20)26-22(28)16-9-10-19-15(13-16)11-12-27(19)33(3,30)31/h5-10,13,24H,4,11-12H2,1-3H3,(H,25,26,28). The van der Waals surface area contributed by atoms with E-state index in [0.717, 1.165) is 11.8 Å². The lowest BCUT2D eigenvalue weighted by molar-refractivity contribution is -0.137. The lowest BCUT2D eigenvalue weighted by Crippen LogP contribution is -2.35. The normalized spacial score (nSPS) is 15.1. The Labute approximate surface area is 192 Å². The molecule has 2 aromatic rings. The van der Waals surface area contributed by atoms with Crippen LogP contribution in [0.4, 0.5) is 17.1 Å². The second-order valence-corrected chi connectivity index (χ2v) is 9.61. The van der Waals surface area contributed by atoms with Crippen molar-refractivity contribution in [2.24, 2.45) is 4.99 Å². The molecule has 2 N–H and O–H groups in total. The molecule has 4 rings (SSSR count). The van der Waals surface area contributed by atoms with Crippen LogP contribution in [0.15, 0.2) is 58.7 Å². The van der Waals surface area contributed by atoms with Crippen molar-refractivity contribution in [1.82, 2.24) is 5.32 Å². The van der Waals surface area contributed by atoms with Crippen LogP contribution in [0.3, 0.4) is 0 Å². The third kappa shape index (κ3) is 4.47. The number of ether oxygens (including phenoxy) is 1. The van der Waals surface area contributed by atoms with Crippen LogP contribution in [-0.2, 0) is 26.0 Å². The van der Waals surface area contributed by atoms with E-state index in [-0.39, 0.29) is 18.0 Å². The van der Waals surface area contributed by atoms with Gasteiger partial charge in [0.25, 0.3) is 5.91 Å². The number of allylic oxidation sites excluding steroid dienone is 1. The van der Waals surface area contributed by atoms with Crippen LogP contribution >= 0.6 is 0 Å². The molecule has 0 spiro atoms. The molecule has 9 nitrogen and oxygen atoms in total. The lowest BCUT2D eigenvalue weighted by Gasteiger charge is -2.16. The van der Waals surface area contributed by atoms with Gasteiger partial charge in [0.2, 0.25) is 10.0 Å². The summed E-state index contributed by atoms with van der Waals surface area (Å²) in [4.78, 5) is 30.4. The summed E-state index contributed by atoms with van der Waals surface area (Å²) in [5.41, 5.74) is 3.55. The number of carbonyl (C=O) groups is 2. The van der Waals surface area contributed by atoms with E-state index >= 15 is 0 Å². The van der Waals surface area contributed by atoms with Crippen LogP contribution in [0.25, 0.3) is 0 Å². The Morgan fingerprint density at radius 2 is 1.97 bits per heavy atom. The fourth-order valence-corrected chi connectivity index (χ4v) is 4.83. The topological polar surface area (TPSA) is 117 Å². The first kappa shape index (κ1) is 22.5. The van der Waals surface area contributed by atoms with Gasteiger partial charge < -0.3 is 15.4 Å². The molecule has 0 bridgehead atoms. The molecule has 0 saturated heterocycles. The van der Waals surface area contributed by atoms with Crippen molar-refractivity contribution in [3.8, 4) is 0 Å². The summed E-state index contributed by atoms with van der Waals surface area (Å²) in [6.45, 7) is 3.92. The maximum Gasteiger partial charge on any atom is 0.343 e. The van der Waals surface area contributed by atoms with E-state index in [1.165, 1.54) is 4.31 Å². The molecule has 1 amide bonds. The first-order valence-electron chi connectivity index (χ1n) is 10.4. The van der Waals surface area contributed by atoms with Crippen molar-refractivity contribution < 1.29 is 22.7 Å². The predicted octanol–water partition coefficient (Wildman–Crippen LogP) is 2.73. The minimum Gasteiger partial charge on any atom is -0.462 e. The number of carbonyl (C=O) groups excluding carboxylic acids is 2. The van der Waals surface area contributed by atoms with E-state index in [1.54, 1.807) is 38.1 Å². The Balaban J connectivity index is 1.69. The van der Waals surface area contributed by atoms with Gasteiger partial charge >= 0.3 is 5.97 Å². The van der Waals surface area contributed by atoms with Crippen LogP contribution in [0, 0.1) is 0 Å². The SMILES string of the molecule is CCOC(=O)C1=C(C)Nc2ccccc2N=C1NC(=O)c1ccc2c(c1)CCN2S(C)(=O)=O. The summed E-state index contributed by atoms with van der Waals surface area (Å²) in [6.07, 6.45) is 1.67. The molecule has 0 fully saturated rings. The third-order valence-electron chi connectivity index (χ3n) is 5.38. The number of amidine groups is 1. The van der Waals surface area contributed by atoms with Gasteiger partial charge in [-0.1, -0.05) is 12.1 Å². The maximum absolute atomic E-state index is 13.1. The van der Waals surface area contributed by atoms with E-state index < -0.39 is 21.9 Å². The highest BCUT2D eigenvalue weighted by Crippen LogP contribution is 2.32. The molecule has 0 unspecified atom stereocenters. The van der Waals surface area contributed by atoms with Gasteiger partial charge in [0.05, 0.1) is 29.9 Å². The van der Waals surface area contributed by atoms with Gasteiger partial charge in [0.15, 0.2) is 0 Å². The zero-order valence-corrected chi connectivity index (χ0v) is 19.3. The summed E-state index contributed by atoms with van der Waals surface area (Å²) in [5, 5.41) is 5.91. The van der Waals surface area contributed by atoms with Crippen LogP contribution < -0.4 is 14.9 Å². The summed E-state index contributed by atoms with van der Waals surface area (Å²) in [7, 11) is -3.38. The third-order valence-corrected chi connectivity index (χ3v) is 6.56. The number of hydrogen-bond donors (Lipinski definition) is 2. The molecule has 0 aliphatic carbocycles. The fraction of sp³-hybridized carbons (Fsp3) is 0.261. The molecular formula is C23H24N4O5S. The summed E-state index contributed by atoms with van der Waals surface area (Å²) in [5.74, 6) is -0.998. The average Bonchev–Trinajstić information content (AvgIpc) is 3.13. The number of benzene rings is 2. The van der Waals surface area contributed by atoms with E-state index in [1.807, 2.05) is 18.2 Å². The number of nitrogens with one attached hydrogen (secondary N) is 2. The second kappa shape index (κ2) is 8.70. The molecule has 33 heavy (non-hydrogen) atoms. The van der Waals surface area contributed by atoms with Crippen LogP contribution in [0.1, 0.15) is 29.8 Å². The predicted molar refractivity (Wildman–Crippen MR) is 126 cm³/mol. The molecule has 0 saturated carbocycles. The number of rotatable bonds is 4.